The van der Waals surface area contributed by atoms with Gasteiger partial charge in [0.1, 0.15) is 0 Å². The second-order valence-corrected chi connectivity index (χ2v) is 4.14. The topological polar surface area (TPSA) is 52.6 Å². The smallest absolute Gasteiger partial charge is 0.335 e. The zero-order valence-corrected chi connectivity index (χ0v) is 10.1. The Morgan fingerprint density at radius 1 is 1.50 bits per heavy atom. The SMILES string of the molecule is CN(C)CCNc1cc(C(=O)O)ccc1Cl. The Hall–Kier alpha value is -1.26. The lowest BCUT2D eigenvalue weighted by Gasteiger charge is -2.12. The summed E-state index contributed by atoms with van der Waals surface area (Å²) in [6.45, 7) is 1.57. The number of nitrogens with zero attached hydrogens (tertiary/aromatic N) is 1. The molecule has 0 spiro atoms. The summed E-state index contributed by atoms with van der Waals surface area (Å²) in [6.07, 6.45) is 0. The monoisotopic (exact) mass is 242 g/mol. The largest absolute Gasteiger partial charge is 0.478 e. The fourth-order valence-corrected chi connectivity index (χ4v) is 1.39. The van der Waals surface area contributed by atoms with Crippen LogP contribution in [0.2, 0.25) is 5.02 Å². The molecule has 0 fully saturated rings. The molecule has 88 valence electrons. The van der Waals surface area contributed by atoms with Gasteiger partial charge in [0.05, 0.1) is 16.3 Å². The van der Waals surface area contributed by atoms with Crippen molar-refractivity contribution in [3.05, 3.63) is 28.8 Å². The summed E-state index contributed by atoms with van der Waals surface area (Å²) < 4.78 is 0. The van der Waals surface area contributed by atoms with Gasteiger partial charge in [0.25, 0.3) is 0 Å². The number of carboxylic acids is 1. The molecular formula is C11H15ClN2O2. The number of hydrogen-bond acceptors (Lipinski definition) is 3. The first-order valence-corrected chi connectivity index (χ1v) is 5.30. The molecule has 0 atom stereocenters. The second-order valence-electron chi connectivity index (χ2n) is 3.73. The van der Waals surface area contributed by atoms with Gasteiger partial charge in [0, 0.05) is 13.1 Å². The van der Waals surface area contributed by atoms with E-state index in [0.717, 1.165) is 13.1 Å². The van der Waals surface area contributed by atoms with Crippen LogP contribution in [0.1, 0.15) is 10.4 Å². The maximum absolute atomic E-state index is 10.8. The Bertz CT molecular complexity index is 380. The van der Waals surface area contributed by atoms with E-state index >= 15 is 0 Å². The minimum atomic E-state index is -0.952. The third kappa shape index (κ3) is 3.72. The Balaban J connectivity index is 2.70. The number of anilines is 1. The second kappa shape index (κ2) is 5.72. The molecule has 0 heterocycles. The van der Waals surface area contributed by atoms with Crippen molar-refractivity contribution in [1.29, 1.82) is 0 Å². The van der Waals surface area contributed by atoms with Crippen molar-refractivity contribution in [3.63, 3.8) is 0 Å². The van der Waals surface area contributed by atoms with E-state index in [2.05, 4.69) is 5.32 Å². The Labute approximate surface area is 99.8 Å². The Morgan fingerprint density at radius 2 is 2.19 bits per heavy atom. The maximum atomic E-state index is 10.8. The first kappa shape index (κ1) is 12.8. The number of carbonyl (C=O) groups is 1. The lowest BCUT2D eigenvalue weighted by Crippen LogP contribution is -2.21. The molecule has 5 heteroatoms. The van der Waals surface area contributed by atoms with E-state index in [1.807, 2.05) is 19.0 Å². The zero-order chi connectivity index (χ0) is 12.1. The molecule has 1 aromatic carbocycles. The molecule has 0 aliphatic heterocycles. The molecule has 0 aliphatic rings. The third-order valence-electron chi connectivity index (χ3n) is 2.09. The van der Waals surface area contributed by atoms with Crippen LogP contribution in [0.25, 0.3) is 0 Å². The van der Waals surface area contributed by atoms with Gasteiger partial charge in [-0.3, -0.25) is 0 Å². The minimum absolute atomic E-state index is 0.233. The van der Waals surface area contributed by atoms with E-state index in [-0.39, 0.29) is 5.56 Å². The van der Waals surface area contributed by atoms with Crippen LogP contribution in [0.5, 0.6) is 0 Å². The minimum Gasteiger partial charge on any atom is -0.478 e. The standard InChI is InChI=1S/C11H15ClN2O2/c1-14(2)6-5-13-10-7-8(11(15)16)3-4-9(10)12/h3-4,7,13H,5-6H2,1-2H3,(H,15,16). The van der Waals surface area contributed by atoms with Gasteiger partial charge in [0.2, 0.25) is 0 Å². The summed E-state index contributed by atoms with van der Waals surface area (Å²) in [4.78, 5) is 12.8. The van der Waals surface area contributed by atoms with E-state index in [1.165, 1.54) is 6.07 Å². The van der Waals surface area contributed by atoms with Crippen molar-refractivity contribution < 1.29 is 9.90 Å². The fraction of sp³-hybridized carbons (Fsp3) is 0.364. The van der Waals surface area contributed by atoms with E-state index in [1.54, 1.807) is 12.1 Å². The molecule has 0 radical (unpaired) electrons. The molecule has 4 nitrogen and oxygen atoms in total. The lowest BCUT2D eigenvalue weighted by atomic mass is 10.2. The van der Waals surface area contributed by atoms with Crippen LogP contribution in [0, 0.1) is 0 Å². The number of halogens is 1. The molecule has 2 N–H and O–H groups in total. The highest BCUT2D eigenvalue weighted by atomic mass is 35.5. The van der Waals surface area contributed by atoms with Gasteiger partial charge in [0.15, 0.2) is 0 Å². The summed E-state index contributed by atoms with van der Waals surface area (Å²) in [7, 11) is 3.94. The first-order chi connectivity index (χ1) is 7.50. The van der Waals surface area contributed by atoms with Crippen molar-refractivity contribution >= 4 is 23.3 Å². The van der Waals surface area contributed by atoms with Crippen LogP contribution in [-0.2, 0) is 0 Å². The van der Waals surface area contributed by atoms with Gasteiger partial charge in [-0.15, -0.1) is 0 Å². The van der Waals surface area contributed by atoms with Gasteiger partial charge in [-0.2, -0.15) is 0 Å². The van der Waals surface area contributed by atoms with Gasteiger partial charge >= 0.3 is 5.97 Å². The molecule has 0 saturated heterocycles. The van der Waals surface area contributed by atoms with Gasteiger partial charge in [-0.05, 0) is 32.3 Å². The number of carboxylic acid groups (broad SMARTS) is 1. The number of nitrogens with one attached hydrogen (secondary N) is 1. The van der Waals surface area contributed by atoms with Gasteiger partial charge in [-0.1, -0.05) is 11.6 Å². The van der Waals surface area contributed by atoms with E-state index in [0.29, 0.717) is 10.7 Å². The van der Waals surface area contributed by atoms with Crippen molar-refractivity contribution in [3.8, 4) is 0 Å². The molecule has 0 aliphatic carbocycles. The molecule has 0 saturated carbocycles. The molecule has 0 unspecified atom stereocenters. The molecule has 0 aromatic heterocycles. The predicted molar refractivity (Wildman–Crippen MR) is 65.5 cm³/mol. The van der Waals surface area contributed by atoms with Crippen molar-refractivity contribution in [2.24, 2.45) is 0 Å². The highest BCUT2D eigenvalue weighted by Gasteiger charge is 2.06. The summed E-state index contributed by atoms with van der Waals surface area (Å²) in [5.41, 5.74) is 0.889. The number of aromatic carboxylic acids is 1. The summed E-state index contributed by atoms with van der Waals surface area (Å²) >= 11 is 5.95. The van der Waals surface area contributed by atoms with Crippen LogP contribution in [-0.4, -0.2) is 43.2 Å². The average Bonchev–Trinajstić information content (AvgIpc) is 2.20. The normalized spacial score (nSPS) is 10.5. The van der Waals surface area contributed by atoms with Crippen LogP contribution >= 0.6 is 11.6 Å². The van der Waals surface area contributed by atoms with Crippen LogP contribution < -0.4 is 5.32 Å². The average molecular weight is 243 g/mol. The molecule has 16 heavy (non-hydrogen) atoms. The van der Waals surface area contributed by atoms with Crippen LogP contribution in [0.15, 0.2) is 18.2 Å². The quantitative estimate of drug-likeness (QED) is 0.830. The van der Waals surface area contributed by atoms with Crippen molar-refractivity contribution in [2.75, 3.05) is 32.5 Å². The van der Waals surface area contributed by atoms with Gasteiger partial charge < -0.3 is 15.3 Å². The Kier molecular flexibility index (Phi) is 4.58. The Morgan fingerprint density at radius 3 is 2.75 bits per heavy atom. The van der Waals surface area contributed by atoms with E-state index in [9.17, 15) is 4.79 Å². The number of likely N-dealkylation sites (N-methyl/N-ethyl adjacent to an activating group) is 1. The highest BCUT2D eigenvalue weighted by molar-refractivity contribution is 6.33. The number of benzene rings is 1. The highest BCUT2D eigenvalue weighted by Crippen LogP contribution is 2.22. The number of rotatable bonds is 5. The maximum Gasteiger partial charge on any atom is 0.335 e. The van der Waals surface area contributed by atoms with Crippen molar-refractivity contribution in [2.45, 2.75) is 0 Å². The predicted octanol–water partition coefficient (Wildman–Crippen LogP) is 2.01. The summed E-state index contributed by atoms with van der Waals surface area (Å²) in [5.74, 6) is -0.952. The number of hydrogen-bond donors (Lipinski definition) is 2. The lowest BCUT2D eigenvalue weighted by molar-refractivity contribution is 0.0697. The third-order valence-corrected chi connectivity index (χ3v) is 2.42. The fourth-order valence-electron chi connectivity index (χ4n) is 1.21. The van der Waals surface area contributed by atoms with Crippen LogP contribution in [0.3, 0.4) is 0 Å². The van der Waals surface area contributed by atoms with E-state index in [4.69, 9.17) is 16.7 Å². The molecular weight excluding hydrogens is 228 g/mol. The summed E-state index contributed by atoms with van der Waals surface area (Å²) in [6, 6.07) is 4.62. The van der Waals surface area contributed by atoms with Crippen LogP contribution in [0.4, 0.5) is 5.69 Å². The molecule has 0 amide bonds. The molecule has 0 bridgehead atoms. The zero-order valence-electron chi connectivity index (χ0n) is 9.33. The first-order valence-electron chi connectivity index (χ1n) is 4.92. The van der Waals surface area contributed by atoms with E-state index < -0.39 is 5.97 Å². The van der Waals surface area contributed by atoms with Crippen molar-refractivity contribution in [1.82, 2.24) is 4.90 Å². The van der Waals surface area contributed by atoms with Gasteiger partial charge in [-0.25, -0.2) is 4.79 Å². The summed E-state index contributed by atoms with van der Waals surface area (Å²) in [5, 5.41) is 12.5. The molecule has 1 rings (SSSR count). The molecule has 1 aromatic rings.